The fourth-order valence-corrected chi connectivity index (χ4v) is 1.39. The van der Waals surface area contributed by atoms with Gasteiger partial charge in [0.05, 0.1) is 21.3 Å². The fourth-order valence-electron chi connectivity index (χ4n) is 1.39. The molecule has 5 nitrogen and oxygen atoms in total. The number of phenolic OH excluding ortho intramolecular Hbond substituents is 1. The number of carbonyl (C=O) groups excluding carboxylic acids is 1. The zero-order chi connectivity index (χ0) is 12.3. The van der Waals surface area contributed by atoms with Gasteiger partial charge in [-0.15, -0.1) is 0 Å². The van der Waals surface area contributed by atoms with E-state index in [9.17, 15) is 9.90 Å². The first-order valence-corrected chi connectivity index (χ1v) is 4.59. The van der Waals surface area contributed by atoms with E-state index in [1.807, 2.05) is 0 Å². The summed E-state index contributed by atoms with van der Waals surface area (Å²) in [5.74, 6) is -0.183. The summed E-state index contributed by atoms with van der Waals surface area (Å²) in [6.07, 6.45) is 0. The van der Waals surface area contributed by atoms with Crippen molar-refractivity contribution in [3.05, 3.63) is 17.2 Å². The molecule has 0 spiro atoms. The van der Waals surface area contributed by atoms with E-state index in [1.54, 1.807) is 6.92 Å². The van der Waals surface area contributed by atoms with E-state index in [1.165, 1.54) is 27.4 Å². The molecule has 0 aromatic heterocycles. The van der Waals surface area contributed by atoms with E-state index in [2.05, 4.69) is 4.74 Å². The molecular formula is C11H14O5. The first-order valence-electron chi connectivity index (χ1n) is 4.59. The third-order valence-electron chi connectivity index (χ3n) is 2.30. The molecule has 0 aliphatic rings. The zero-order valence-electron chi connectivity index (χ0n) is 9.66. The van der Waals surface area contributed by atoms with Gasteiger partial charge in [0.1, 0.15) is 22.8 Å². The third kappa shape index (κ3) is 1.88. The van der Waals surface area contributed by atoms with Gasteiger partial charge in [-0.1, -0.05) is 0 Å². The van der Waals surface area contributed by atoms with E-state index in [4.69, 9.17) is 9.47 Å². The summed E-state index contributed by atoms with van der Waals surface area (Å²) in [5, 5.41) is 9.86. The molecule has 0 unspecified atom stereocenters. The van der Waals surface area contributed by atoms with E-state index in [0.717, 1.165) is 0 Å². The molecule has 0 fully saturated rings. The highest BCUT2D eigenvalue weighted by atomic mass is 16.5. The number of rotatable bonds is 3. The van der Waals surface area contributed by atoms with Crippen LogP contribution in [0.15, 0.2) is 6.07 Å². The Hall–Kier alpha value is -1.91. The van der Waals surface area contributed by atoms with Gasteiger partial charge in [0, 0.05) is 11.6 Å². The molecule has 0 atom stereocenters. The van der Waals surface area contributed by atoms with Crippen molar-refractivity contribution >= 4 is 5.97 Å². The number of hydrogen-bond donors (Lipinski definition) is 1. The Bertz CT molecular complexity index is 411. The smallest absolute Gasteiger partial charge is 0.345 e. The SMILES string of the molecule is COC(=O)c1c(OC)cc(OC)c(C)c1O. The maximum absolute atomic E-state index is 11.5. The minimum Gasteiger partial charge on any atom is -0.506 e. The van der Waals surface area contributed by atoms with Gasteiger partial charge in [-0.05, 0) is 6.92 Å². The number of esters is 1. The van der Waals surface area contributed by atoms with Crippen LogP contribution in [0.3, 0.4) is 0 Å². The summed E-state index contributed by atoms with van der Waals surface area (Å²) in [5.41, 5.74) is 0.465. The van der Waals surface area contributed by atoms with Crippen LogP contribution in [-0.4, -0.2) is 32.4 Å². The predicted molar refractivity (Wildman–Crippen MR) is 57.3 cm³/mol. The van der Waals surface area contributed by atoms with Crippen LogP contribution in [0.25, 0.3) is 0 Å². The first-order chi connectivity index (χ1) is 7.56. The Kier molecular flexibility index (Phi) is 3.60. The Morgan fingerprint density at radius 1 is 1.19 bits per heavy atom. The third-order valence-corrected chi connectivity index (χ3v) is 2.30. The van der Waals surface area contributed by atoms with Gasteiger partial charge in [0.25, 0.3) is 0 Å². The van der Waals surface area contributed by atoms with Gasteiger partial charge >= 0.3 is 5.97 Å². The predicted octanol–water partition coefficient (Wildman–Crippen LogP) is 1.50. The van der Waals surface area contributed by atoms with E-state index in [-0.39, 0.29) is 17.1 Å². The summed E-state index contributed by atoms with van der Waals surface area (Å²) in [7, 11) is 4.11. The largest absolute Gasteiger partial charge is 0.506 e. The topological polar surface area (TPSA) is 65.0 Å². The summed E-state index contributed by atoms with van der Waals surface area (Å²) >= 11 is 0. The van der Waals surface area contributed by atoms with Crippen molar-refractivity contribution in [1.82, 2.24) is 0 Å². The number of aromatic hydroxyl groups is 1. The number of methoxy groups -OCH3 is 3. The van der Waals surface area contributed by atoms with Crippen LogP contribution in [0.1, 0.15) is 15.9 Å². The molecular weight excluding hydrogens is 212 g/mol. The minimum absolute atomic E-state index is 0.00306. The minimum atomic E-state index is -0.653. The van der Waals surface area contributed by atoms with Gasteiger partial charge in [-0.25, -0.2) is 4.79 Å². The average Bonchev–Trinajstić information content (AvgIpc) is 2.31. The Morgan fingerprint density at radius 3 is 2.19 bits per heavy atom. The monoisotopic (exact) mass is 226 g/mol. The number of carbonyl (C=O) groups is 1. The fraction of sp³-hybridized carbons (Fsp3) is 0.364. The van der Waals surface area contributed by atoms with Crippen LogP contribution < -0.4 is 9.47 Å². The lowest BCUT2D eigenvalue weighted by molar-refractivity contribution is 0.0593. The first kappa shape index (κ1) is 12.2. The molecule has 16 heavy (non-hydrogen) atoms. The van der Waals surface area contributed by atoms with Gasteiger partial charge in [0.15, 0.2) is 0 Å². The summed E-state index contributed by atoms with van der Waals surface area (Å²) in [6, 6.07) is 1.53. The molecule has 1 aromatic rings. The summed E-state index contributed by atoms with van der Waals surface area (Å²) < 4.78 is 14.6. The van der Waals surface area contributed by atoms with Crippen molar-refractivity contribution in [2.75, 3.05) is 21.3 Å². The lowest BCUT2D eigenvalue weighted by Gasteiger charge is -2.13. The highest BCUT2D eigenvalue weighted by Crippen LogP contribution is 2.38. The van der Waals surface area contributed by atoms with Gasteiger partial charge < -0.3 is 19.3 Å². The summed E-state index contributed by atoms with van der Waals surface area (Å²) in [4.78, 5) is 11.5. The Balaban J connectivity index is 3.47. The zero-order valence-corrected chi connectivity index (χ0v) is 9.66. The molecule has 0 aliphatic carbocycles. The average molecular weight is 226 g/mol. The number of ether oxygens (including phenoxy) is 3. The molecule has 0 saturated carbocycles. The van der Waals surface area contributed by atoms with Crippen LogP contribution in [0.5, 0.6) is 17.2 Å². The molecule has 0 saturated heterocycles. The quantitative estimate of drug-likeness (QED) is 0.791. The van der Waals surface area contributed by atoms with Gasteiger partial charge in [-0.2, -0.15) is 0 Å². The molecule has 0 radical (unpaired) electrons. The molecule has 0 bridgehead atoms. The van der Waals surface area contributed by atoms with Crippen molar-refractivity contribution in [1.29, 1.82) is 0 Å². The van der Waals surface area contributed by atoms with Gasteiger partial charge in [-0.3, -0.25) is 0 Å². The summed E-state index contributed by atoms with van der Waals surface area (Å²) in [6.45, 7) is 1.64. The van der Waals surface area contributed by atoms with Crippen molar-refractivity contribution in [3.63, 3.8) is 0 Å². The number of hydrogen-bond acceptors (Lipinski definition) is 5. The van der Waals surface area contributed by atoms with Crippen molar-refractivity contribution < 1.29 is 24.1 Å². The standard InChI is InChI=1S/C11H14O5/c1-6-7(14-2)5-8(15-3)9(10(6)12)11(13)16-4/h5,12H,1-4H3. The molecule has 0 amide bonds. The molecule has 5 heteroatoms. The second-order valence-electron chi connectivity index (χ2n) is 3.12. The highest BCUT2D eigenvalue weighted by Gasteiger charge is 2.22. The van der Waals surface area contributed by atoms with Crippen LogP contribution >= 0.6 is 0 Å². The van der Waals surface area contributed by atoms with Crippen molar-refractivity contribution in [2.45, 2.75) is 6.92 Å². The van der Waals surface area contributed by atoms with E-state index < -0.39 is 5.97 Å². The van der Waals surface area contributed by atoms with E-state index in [0.29, 0.717) is 11.3 Å². The second-order valence-corrected chi connectivity index (χ2v) is 3.12. The molecule has 88 valence electrons. The highest BCUT2D eigenvalue weighted by molar-refractivity contribution is 5.96. The Morgan fingerprint density at radius 2 is 1.75 bits per heavy atom. The van der Waals surface area contributed by atoms with Crippen LogP contribution in [0, 0.1) is 6.92 Å². The number of phenols is 1. The molecule has 1 N–H and O–H groups in total. The lowest BCUT2D eigenvalue weighted by atomic mass is 10.1. The van der Waals surface area contributed by atoms with Crippen LogP contribution in [-0.2, 0) is 4.74 Å². The normalized spacial score (nSPS) is 9.75. The van der Waals surface area contributed by atoms with Gasteiger partial charge in [0.2, 0.25) is 0 Å². The lowest BCUT2D eigenvalue weighted by Crippen LogP contribution is -2.06. The second kappa shape index (κ2) is 4.74. The maximum atomic E-state index is 11.5. The maximum Gasteiger partial charge on any atom is 0.345 e. The van der Waals surface area contributed by atoms with E-state index >= 15 is 0 Å². The van der Waals surface area contributed by atoms with Crippen molar-refractivity contribution in [3.8, 4) is 17.2 Å². The number of benzene rings is 1. The molecule has 0 aliphatic heterocycles. The van der Waals surface area contributed by atoms with Crippen LogP contribution in [0.2, 0.25) is 0 Å². The molecule has 0 heterocycles. The molecule has 1 aromatic carbocycles. The molecule has 1 rings (SSSR count). The van der Waals surface area contributed by atoms with Crippen molar-refractivity contribution in [2.24, 2.45) is 0 Å². The van der Waals surface area contributed by atoms with Crippen LogP contribution in [0.4, 0.5) is 0 Å². The Labute approximate surface area is 93.6 Å².